The maximum absolute atomic E-state index is 5.97. The summed E-state index contributed by atoms with van der Waals surface area (Å²) < 4.78 is 5.16. The van der Waals surface area contributed by atoms with E-state index in [1.54, 1.807) is 18.4 Å². The maximum atomic E-state index is 5.97. The van der Waals surface area contributed by atoms with Crippen LogP contribution in [0.4, 0.5) is 0 Å². The van der Waals surface area contributed by atoms with Crippen molar-refractivity contribution in [1.82, 2.24) is 0 Å². The van der Waals surface area contributed by atoms with Gasteiger partial charge in [-0.15, -0.1) is 0 Å². The minimum Gasteiger partial charge on any atom is -0.382 e. The number of thiophene rings is 1. The molecule has 0 aliphatic rings. The number of ether oxygens (including phenoxy) is 1. The molecule has 0 aliphatic carbocycles. The Bertz CT molecular complexity index is 223. The first-order valence-electron chi connectivity index (χ1n) is 4.52. The van der Waals surface area contributed by atoms with Crippen LogP contribution < -0.4 is 5.73 Å². The van der Waals surface area contributed by atoms with E-state index < -0.39 is 0 Å². The lowest BCUT2D eigenvalue weighted by molar-refractivity contribution is 0.104. The minimum atomic E-state index is 0.213. The third-order valence-electron chi connectivity index (χ3n) is 2.12. The molecule has 2 N–H and O–H groups in total. The van der Waals surface area contributed by atoms with Crippen LogP contribution in [0.1, 0.15) is 18.9 Å². The van der Waals surface area contributed by atoms with Crippen LogP contribution >= 0.6 is 11.3 Å². The summed E-state index contributed by atoms with van der Waals surface area (Å²) >= 11 is 1.72. The molecule has 0 aromatic carbocycles. The van der Waals surface area contributed by atoms with Gasteiger partial charge in [0.05, 0.1) is 6.10 Å². The summed E-state index contributed by atoms with van der Waals surface area (Å²) in [6.07, 6.45) is 2.14. The van der Waals surface area contributed by atoms with E-state index in [0.29, 0.717) is 0 Å². The van der Waals surface area contributed by atoms with E-state index in [9.17, 15) is 0 Å². The fraction of sp³-hybridized carbons (Fsp3) is 0.600. The van der Waals surface area contributed by atoms with Gasteiger partial charge in [0.25, 0.3) is 0 Å². The van der Waals surface area contributed by atoms with Crippen LogP contribution in [-0.2, 0) is 11.2 Å². The van der Waals surface area contributed by atoms with E-state index in [-0.39, 0.29) is 12.1 Å². The Morgan fingerprint density at radius 2 is 2.38 bits per heavy atom. The van der Waals surface area contributed by atoms with Crippen molar-refractivity contribution in [2.45, 2.75) is 31.9 Å². The fourth-order valence-corrected chi connectivity index (χ4v) is 2.00. The van der Waals surface area contributed by atoms with Gasteiger partial charge in [-0.05, 0) is 42.2 Å². The van der Waals surface area contributed by atoms with Gasteiger partial charge < -0.3 is 10.5 Å². The van der Waals surface area contributed by atoms with Gasteiger partial charge in [-0.1, -0.05) is 0 Å². The second kappa shape index (κ2) is 5.37. The highest BCUT2D eigenvalue weighted by molar-refractivity contribution is 7.07. The summed E-state index contributed by atoms with van der Waals surface area (Å²) in [5, 5.41) is 4.24. The summed E-state index contributed by atoms with van der Waals surface area (Å²) in [4.78, 5) is 0. The van der Waals surface area contributed by atoms with Crippen molar-refractivity contribution in [2.24, 2.45) is 5.73 Å². The molecule has 1 rings (SSSR count). The third kappa shape index (κ3) is 3.89. The average Bonchev–Trinajstić information content (AvgIpc) is 2.56. The van der Waals surface area contributed by atoms with E-state index >= 15 is 0 Å². The number of hydrogen-bond donors (Lipinski definition) is 1. The zero-order chi connectivity index (χ0) is 9.68. The van der Waals surface area contributed by atoms with E-state index in [1.165, 1.54) is 5.56 Å². The van der Waals surface area contributed by atoms with Crippen molar-refractivity contribution >= 4 is 11.3 Å². The molecular weight excluding hydrogens is 182 g/mol. The Balaban J connectivity index is 2.29. The van der Waals surface area contributed by atoms with E-state index in [4.69, 9.17) is 10.5 Å². The molecule has 0 saturated heterocycles. The summed E-state index contributed by atoms with van der Waals surface area (Å²) in [6, 6.07) is 2.34. The van der Waals surface area contributed by atoms with Gasteiger partial charge in [0.2, 0.25) is 0 Å². The van der Waals surface area contributed by atoms with E-state index in [2.05, 4.69) is 16.8 Å². The Labute approximate surface area is 83.7 Å². The Kier molecular flexibility index (Phi) is 4.42. The molecule has 2 nitrogen and oxygen atoms in total. The van der Waals surface area contributed by atoms with Crippen molar-refractivity contribution in [1.29, 1.82) is 0 Å². The molecule has 0 bridgehead atoms. The van der Waals surface area contributed by atoms with Gasteiger partial charge in [-0.3, -0.25) is 0 Å². The second-order valence-corrected chi connectivity index (χ2v) is 4.16. The highest BCUT2D eigenvalue weighted by atomic mass is 32.1. The molecule has 3 heteroatoms. The lowest BCUT2D eigenvalue weighted by atomic mass is 10.0. The Hall–Kier alpha value is -0.380. The Morgan fingerprint density at radius 1 is 1.62 bits per heavy atom. The second-order valence-electron chi connectivity index (χ2n) is 3.38. The van der Waals surface area contributed by atoms with Crippen molar-refractivity contribution in [2.75, 3.05) is 7.11 Å². The van der Waals surface area contributed by atoms with Crippen LogP contribution in [-0.4, -0.2) is 19.3 Å². The topological polar surface area (TPSA) is 35.2 Å². The van der Waals surface area contributed by atoms with Gasteiger partial charge in [0.15, 0.2) is 0 Å². The van der Waals surface area contributed by atoms with Crippen LogP contribution in [0, 0.1) is 0 Å². The highest BCUT2D eigenvalue weighted by Gasteiger charge is 2.08. The van der Waals surface area contributed by atoms with Gasteiger partial charge in [0, 0.05) is 13.2 Å². The maximum Gasteiger partial charge on any atom is 0.0558 e. The van der Waals surface area contributed by atoms with Crippen LogP contribution in [0.2, 0.25) is 0 Å². The molecule has 2 unspecified atom stereocenters. The lowest BCUT2D eigenvalue weighted by Gasteiger charge is -2.15. The first-order valence-corrected chi connectivity index (χ1v) is 5.46. The summed E-state index contributed by atoms with van der Waals surface area (Å²) in [5.41, 5.74) is 7.30. The van der Waals surface area contributed by atoms with E-state index in [1.807, 2.05) is 6.92 Å². The number of nitrogens with two attached hydrogens (primary N) is 1. The normalized spacial score (nSPS) is 15.6. The van der Waals surface area contributed by atoms with Crippen molar-refractivity contribution in [3.05, 3.63) is 22.4 Å². The van der Waals surface area contributed by atoms with Gasteiger partial charge in [0.1, 0.15) is 0 Å². The molecule has 0 aliphatic heterocycles. The third-order valence-corrected chi connectivity index (χ3v) is 2.85. The molecule has 0 radical (unpaired) electrons. The number of methoxy groups -OCH3 is 1. The molecule has 0 saturated carbocycles. The van der Waals surface area contributed by atoms with Gasteiger partial charge >= 0.3 is 0 Å². The molecule has 0 spiro atoms. The van der Waals surface area contributed by atoms with Crippen molar-refractivity contribution in [3.8, 4) is 0 Å². The van der Waals surface area contributed by atoms with E-state index in [0.717, 1.165) is 12.8 Å². The zero-order valence-electron chi connectivity index (χ0n) is 8.19. The quantitative estimate of drug-likeness (QED) is 0.787. The minimum absolute atomic E-state index is 0.213. The molecule has 0 fully saturated rings. The molecule has 74 valence electrons. The average molecular weight is 199 g/mol. The number of hydrogen-bond acceptors (Lipinski definition) is 3. The highest BCUT2D eigenvalue weighted by Crippen LogP contribution is 2.10. The van der Waals surface area contributed by atoms with Crippen LogP contribution in [0.3, 0.4) is 0 Å². The van der Waals surface area contributed by atoms with Crippen LogP contribution in [0.15, 0.2) is 16.8 Å². The predicted octanol–water partition coefficient (Wildman–Crippen LogP) is 2.04. The molecule has 0 amide bonds. The first-order chi connectivity index (χ1) is 6.22. The molecule has 1 heterocycles. The lowest BCUT2D eigenvalue weighted by Crippen LogP contribution is -2.27. The molecule has 2 atom stereocenters. The molecule has 1 aromatic rings. The van der Waals surface area contributed by atoms with Crippen LogP contribution in [0.5, 0.6) is 0 Å². The smallest absolute Gasteiger partial charge is 0.0558 e. The molecule has 1 aromatic heterocycles. The molecule has 13 heavy (non-hydrogen) atoms. The monoisotopic (exact) mass is 199 g/mol. The summed E-state index contributed by atoms with van der Waals surface area (Å²) in [5.74, 6) is 0. The van der Waals surface area contributed by atoms with Gasteiger partial charge in [-0.2, -0.15) is 11.3 Å². The summed E-state index contributed by atoms with van der Waals surface area (Å²) in [6.45, 7) is 2.05. The molecular formula is C10H17NOS. The SMILES string of the molecule is COC(C)CC(N)Cc1ccsc1. The summed E-state index contributed by atoms with van der Waals surface area (Å²) in [7, 11) is 1.72. The number of rotatable bonds is 5. The standard InChI is InChI=1S/C10H17NOS/c1-8(12-2)5-10(11)6-9-3-4-13-7-9/h3-4,7-8,10H,5-6,11H2,1-2H3. The fourth-order valence-electron chi connectivity index (χ4n) is 1.32. The van der Waals surface area contributed by atoms with Crippen molar-refractivity contribution < 1.29 is 4.74 Å². The Morgan fingerprint density at radius 3 is 2.92 bits per heavy atom. The van der Waals surface area contributed by atoms with Crippen molar-refractivity contribution in [3.63, 3.8) is 0 Å². The first kappa shape index (κ1) is 10.7. The van der Waals surface area contributed by atoms with Crippen LogP contribution in [0.25, 0.3) is 0 Å². The predicted molar refractivity (Wildman–Crippen MR) is 57.1 cm³/mol. The zero-order valence-corrected chi connectivity index (χ0v) is 9.01. The largest absolute Gasteiger partial charge is 0.382 e. The van der Waals surface area contributed by atoms with Gasteiger partial charge in [-0.25, -0.2) is 0 Å².